The average molecular weight is 290 g/mol. The van der Waals surface area contributed by atoms with Crippen LogP contribution in [-0.2, 0) is 5.54 Å². The molecule has 0 aliphatic heterocycles. The molecule has 110 valence electrons. The van der Waals surface area contributed by atoms with Gasteiger partial charge in [-0.3, -0.25) is 0 Å². The van der Waals surface area contributed by atoms with Gasteiger partial charge in [0.25, 0.3) is 0 Å². The third kappa shape index (κ3) is 3.78. The maximum absolute atomic E-state index is 13.5. The summed E-state index contributed by atoms with van der Waals surface area (Å²) in [5, 5.41) is 5.18. The fraction of sp³-hybridized carbons (Fsp3) is 0.188. The number of carbonyl (C=O) groups is 1. The summed E-state index contributed by atoms with van der Waals surface area (Å²) in [7, 11) is 0. The molecule has 0 aliphatic carbocycles. The predicted molar refractivity (Wildman–Crippen MR) is 78.0 cm³/mol. The minimum atomic E-state index is -0.719. The molecule has 2 rings (SSSR count). The van der Waals surface area contributed by atoms with Crippen LogP contribution in [0, 0.1) is 11.6 Å². The summed E-state index contributed by atoms with van der Waals surface area (Å²) < 4.78 is 26.4. The zero-order valence-electron chi connectivity index (χ0n) is 11.8. The topological polar surface area (TPSA) is 41.1 Å². The third-order valence-corrected chi connectivity index (χ3v) is 3.11. The van der Waals surface area contributed by atoms with E-state index < -0.39 is 17.4 Å². The molecular formula is C16H16F2N2O. The first-order valence-electron chi connectivity index (χ1n) is 6.48. The molecule has 3 nitrogen and oxygen atoms in total. The summed E-state index contributed by atoms with van der Waals surface area (Å²) in [5.74, 6) is -0.849. The number of carbonyl (C=O) groups excluding carboxylic acids is 1. The van der Waals surface area contributed by atoms with Crippen molar-refractivity contribution >= 4 is 11.7 Å². The fourth-order valence-electron chi connectivity index (χ4n) is 1.94. The van der Waals surface area contributed by atoms with Crippen LogP contribution < -0.4 is 10.6 Å². The predicted octanol–water partition coefficient (Wildman–Crippen LogP) is 4.02. The van der Waals surface area contributed by atoms with Gasteiger partial charge in [-0.25, -0.2) is 13.6 Å². The Labute approximate surface area is 122 Å². The van der Waals surface area contributed by atoms with Crippen molar-refractivity contribution < 1.29 is 13.6 Å². The molecule has 2 aromatic rings. The van der Waals surface area contributed by atoms with E-state index in [1.807, 2.05) is 0 Å². The Morgan fingerprint density at radius 3 is 2.24 bits per heavy atom. The maximum Gasteiger partial charge on any atom is 0.320 e. The number of halogens is 2. The van der Waals surface area contributed by atoms with Crippen molar-refractivity contribution in [2.75, 3.05) is 5.32 Å². The number of hydrogen-bond acceptors (Lipinski definition) is 1. The number of benzene rings is 2. The zero-order chi connectivity index (χ0) is 15.5. The number of rotatable bonds is 3. The molecule has 0 spiro atoms. The maximum atomic E-state index is 13.5. The molecule has 0 radical (unpaired) electrons. The van der Waals surface area contributed by atoms with E-state index in [1.54, 1.807) is 38.1 Å². The van der Waals surface area contributed by atoms with Gasteiger partial charge in [0.15, 0.2) is 0 Å². The summed E-state index contributed by atoms with van der Waals surface area (Å²) in [6.07, 6.45) is 0. The highest BCUT2D eigenvalue weighted by Gasteiger charge is 2.23. The molecule has 0 saturated carbocycles. The van der Waals surface area contributed by atoms with Crippen molar-refractivity contribution in [1.29, 1.82) is 0 Å². The van der Waals surface area contributed by atoms with E-state index in [9.17, 15) is 13.6 Å². The molecule has 0 unspecified atom stereocenters. The lowest BCUT2D eigenvalue weighted by Gasteiger charge is -2.27. The summed E-state index contributed by atoms with van der Waals surface area (Å²) in [6, 6.07) is 11.2. The first-order chi connectivity index (χ1) is 9.88. The summed E-state index contributed by atoms with van der Waals surface area (Å²) in [5.41, 5.74) is 0.126. The minimum Gasteiger partial charge on any atom is -0.329 e. The Kier molecular flexibility index (Phi) is 4.21. The van der Waals surface area contributed by atoms with Gasteiger partial charge in [-0.1, -0.05) is 24.3 Å². The van der Waals surface area contributed by atoms with Gasteiger partial charge in [0.1, 0.15) is 11.6 Å². The number of anilines is 1. The highest BCUT2D eigenvalue weighted by Crippen LogP contribution is 2.21. The second kappa shape index (κ2) is 5.91. The smallest absolute Gasteiger partial charge is 0.320 e. The van der Waals surface area contributed by atoms with E-state index in [2.05, 4.69) is 10.6 Å². The van der Waals surface area contributed by atoms with Gasteiger partial charge < -0.3 is 10.6 Å². The van der Waals surface area contributed by atoms with Crippen molar-refractivity contribution in [3.63, 3.8) is 0 Å². The fourth-order valence-corrected chi connectivity index (χ4v) is 1.94. The van der Waals surface area contributed by atoms with Crippen molar-refractivity contribution in [3.05, 3.63) is 65.7 Å². The van der Waals surface area contributed by atoms with Gasteiger partial charge >= 0.3 is 6.03 Å². The van der Waals surface area contributed by atoms with Gasteiger partial charge in [0.05, 0.1) is 11.2 Å². The van der Waals surface area contributed by atoms with E-state index in [1.165, 1.54) is 24.3 Å². The normalized spacial score (nSPS) is 11.0. The second-order valence-electron chi connectivity index (χ2n) is 5.19. The molecule has 0 aromatic heterocycles. The highest BCUT2D eigenvalue weighted by molar-refractivity contribution is 5.89. The van der Waals surface area contributed by atoms with Gasteiger partial charge in [0, 0.05) is 0 Å². The molecule has 0 aliphatic rings. The Morgan fingerprint density at radius 1 is 1.00 bits per heavy atom. The van der Waals surface area contributed by atoms with Crippen LogP contribution in [0.1, 0.15) is 19.4 Å². The summed E-state index contributed by atoms with van der Waals surface area (Å²) in [6.45, 7) is 3.56. The second-order valence-corrected chi connectivity index (χ2v) is 5.19. The zero-order valence-corrected chi connectivity index (χ0v) is 11.8. The van der Waals surface area contributed by atoms with Gasteiger partial charge in [-0.05, 0) is 43.7 Å². The van der Waals surface area contributed by atoms with Crippen LogP contribution in [-0.4, -0.2) is 6.03 Å². The molecule has 5 heteroatoms. The molecule has 0 atom stereocenters. The molecule has 0 heterocycles. The number of para-hydroxylation sites is 1. The first kappa shape index (κ1) is 15.0. The summed E-state index contributed by atoms with van der Waals surface area (Å²) in [4.78, 5) is 12.0. The molecule has 2 aromatic carbocycles. The standard InChI is InChI=1S/C16H16F2N2O/c1-16(2,11-7-9-12(17)10-8-11)20-15(21)19-14-6-4-3-5-13(14)18/h3-10H,1-2H3,(H2,19,20,21). The van der Waals surface area contributed by atoms with E-state index >= 15 is 0 Å². The lowest BCUT2D eigenvalue weighted by atomic mass is 9.94. The van der Waals surface area contributed by atoms with Crippen LogP contribution in [0.25, 0.3) is 0 Å². The Bertz CT molecular complexity index is 639. The lowest BCUT2D eigenvalue weighted by Crippen LogP contribution is -2.43. The quantitative estimate of drug-likeness (QED) is 0.880. The Balaban J connectivity index is 2.08. The number of hydrogen-bond donors (Lipinski definition) is 2. The SMILES string of the molecule is CC(C)(NC(=O)Nc1ccccc1F)c1ccc(F)cc1. The molecular weight excluding hydrogens is 274 g/mol. The molecule has 2 N–H and O–H groups in total. The number of nitrogens with one attached hydrogen (secondary N) is 2. The molecule has 21 heavy (non-hydrogen) atoms. The highest BCUT2D eigenvalue weighted by atomic mass is 19.1. The van der Waals surface area contributed by atoms with E-state index in [4.69, 9.17) is 0 Å². The van der Waals surface area contributed by atoms with Crippen LogP contribution >= 0.6 is 0 Å². The van der Waals surface area contributed by atoms with E-state index in [0.717, 1.165) is 5.56 Å². The van der Waals surface area contributed by atoms with Crippen molar-refractivity contribution in [2.45, 2.75) is 19.4 Å². The summed E-state index contributed by atoms with van der Waals surface area (Å²) >= 11 is 0. The number of amides is 2. The lowest BCUT2D eigenvalue weighted by molar-refractivity contribution is 0.241. The van der Waals surface area contributed by atoms with Crippen molar-refractivity contribution in [1.82, 2.24) is 5.32 Å². The minimum absolute atomic E-state index is 0.102. The molecule has 0 fully saturated rings. The van der Waals surface area contributed by atoms with Gasteiger partial charge in [0.2, 0.25) is 0 Å². The van der Waals surface area contributed by atoms with Crippen LogP contribution in [0.4, 0.5) is 19.3 Å². The van der Waals surface area contributed by atoms with Crippen LogP contribution in [0.3, 0.4) is 0 Å². The van der Waals surface area contributed by atoms with Gasteiger partial charge in [-0.2, -0.15) is 0 Å². The Hall–Kier alpha value is -2.43. The number of urea groups is 1. The molecule has 0 bridgehead atoms. The third-order valence-electron chi connectivity index (χ3n) is 3.11. The van der Waals surface area contributed by atoms with Crippen molar-refractivity contribution in [2.24, 2.45) is 0 Å². The monoisotopic (exact) mass is 290 g/mol. The molecule has 2 amide bonds. The van der Waals surface area contributed by atoms with Crippen LogP contribution in [0.5, 0.6) is 0 Å². The Morgan fingerprint density at radius 2 is 1.62 bits per heavy atom. The largest absolute Gasteiger partial charge is 0.329 e. The molecule has 0 saturated heterocycles. The van der Waals surface area contributed by atoms with E-state index in [-0.39, 0.29) is 11.5 Å². The van der Waals surface area contributed by atoms with E-state index in [0.29, 0.717) is 0 Å². The van der Waals surface area contributed by atoms with Crippen LogP contribution in [0.2, 0.25) is 0 Å². The average Bonchev–Trinajstić information content (AvgIpc) is 2.41. The van der Waals surface area contributed by atoms with Crippen molar-refractivity contribution in [3.8, 4) is 0 Å². The van der Waals surface area contributed by atoms with Gasteiger partial charge in [-0.15, -0.1) is 0 Å². The first-order valence-corrected chi connectivity index (χ1v) is 6.48. The van der Waals surface area contributed by atoms with Crippen LogP contribution in [0.15, 0.2) is 48.5 Å².